The highest BCUT2D eigenvalue weighted by Crippen LogP contribution is 2.36. The van der Waals surface area contributed by atoms with Gasteiger partial charge < -0.3 is 4.90 Å². The number of nitrogens with one attached hydrogen (secondary N) is 1. The summed E-state index contributed by atoms with van der Waals surface area (Å²) >= 11 is 0. The highest BCUT2D eigenvalue weighted by atomic mass is 16.2. The highest BCUT2D eigenvalue weighted by molar-refractivity contribution is 5.91. The van der Waals surface area contributed by atoms with Gasteiger partial charge in [0, 0.05) is 18.2 Å². The summed E-state index contributed by atoms with van der Waals surface area (Å²) in [5, 5.41) is 0. The fourth-order valence-corrected chi connectivity index (χ4v) is 3.57. The van der Waals surface area contributed by atoms with Gasteiger partial charge in [0.1, 0.15) is 5.82 Å². The smallest absolute Gasteiger partial charge is 0.303 e. The molecule has 136 valence electrons. The Morgan fingerprint density at radius 2 is 1.74 bits per heavy atom. The minimum atomic E-state index is -0.496. The van der Waals surface area contributed by atoms with Crippen LogP contribution in [-0.2, 0) is 0 Å². The fourth-order valence-electron chi connectivity index (χ4n) is 3.57. The van der Waals surface area contributed by atoms with E-state index in [0.29, 0.717) is 5.69 Å². The van der Waals surface area contributed by atoms with E-state index in [1.54, 1.807) is 0 Å². The Labute approximate surface area is 158 Å². The van der Waals surface area contributed by atoms with Crippen LogP contribution in [0, 0.1) is 0 Å². The second-order valence-corrected chi connectivity index (χ2v) is 6.54. The van der Waals surface area contributed by atoms with Gasteiger partial charge >= 0.3 is 5.91 Å². The van der Waals surface area contributed by atoms with Crippen LogP contribution >= 0.6 is 0 Å². The molecular weight excluding hydrogens is 338 g/mol. The summed E-state index contributed by atoms with van der Waals surface area (Å²) in [5.41, 5.74) is 5.03. The van der Waals surface area contributed by atoms with E-state index in [-0.39, 0.29) is 11.9 Å². The van der Waals surface area contributed by atoms with Gasteiger partial charge in [-0.25, -0.2) is 15.8 Å². The van der Waals surface area contributed by atoms with Gasteiger partial charge in [0.05, 0.1) is 11.7 Å². The van der Waals surface area contributed by atoms with E-state index in [1.165, 1.54) is 5.56 Å². The van der Waals surface area contributed by atoms with E-state index in [0.717, 1.165) is 30.8 Å². The van der Waals surface area contributed by atoms with Gasteiger partial charge in [-0.3, -0.25) is 10.2 Å². The number of aromatic nitrogens is 2. The van der Waals surface area contributed by atoms with Crippen molar-refractivity contribution < 1.29 is 4.79 Å². The number of nitrogen functional groups attached to an aromatic ring is 1. The summed E-state index contributed by atoms with van der Waals surface area (Å²) in [4.78, 5) is 23.3. The first kappa shape index (κ1) is 17.2. The van der Waals surface area contributed by atoms with Crippen LogP contribution in [0.3, 0.4) is 0 Å². The molecule has 1 saturated heterocycles. The highest BCUT2D eigenvalue weighted by Gasteiger charge is 2.28. The van der Waals surface area contributed by atoms with E-state index in [4.69, 9.17) is 5.84 Å². The van der Waals surface area contributed by atoms with Crippen molar-refractivity contribution in [1.82, 2.24) is 15.4 Å². The molecule has 1 atom stereocenters. The Morgan fingerprint density at radius 1 is 1.04 bits per heavy atom. The van der Waals surface area contributed by atoms with Crippen LogP contribution in [0.5, 0.6) is 0 Å². The summed E-state index contributed by atoms with van der Waals surface area (Å²) < 4.78 is 0. The van der Waals surface area contributed by atoms with Crippen LogP contribution in [0.25, 0.3) is 11.3 Å². The molecule has 1 aliphatic rings. The zero-order valence-corrected chi connectivity index (χ0v) is 14.9. The topological polar surface area (TPSA) is 84.1 Å². The van der Waals surface area contributed by atoms with Crippen molar-refractivity contribution in [2.24, 2.45) is 5.84 Å². The van der Waals surface area contributed by atoms with Crippen molar-refractivity contribution in [2.75, 3.05) is 11.4 Å². The van der Waals surface area contributed by atoms with Gasteiger partial charge in [-0.2, -0.15) is 0 Å². The van der Waals surface area contributed by atoms with Crippen LogP contribution in [0.15, 0.2) is 66.7 Å². The molecule has 1 amide bonds. The molecule has 0 radical (unpaired) electrons. The number of anilines is 1. The molecule has 27 heavy (non-hydrogen) atoms. The van der Waals surface area contributed by atoms with Crippen molar-refractivity contribution in [3.8, 4) is 11.3 Å². The minimum absolute atomic E-state index is 0.0764. The average Bonchev–Trinajstić information content (AvgIpc) is 3.24. The number of nitrogens with two attached hydrogens (primary N) is 1. The van der Waals surface area contributed by atoms with Crippen LogP contribution in [0.1, 0.15) is 35.1 Å². The number of amides is 1. The number of hydrogen-bond acceptors (Lipinski definition) is 5. The van der Waals surface area contributed by atoms with Gasteiger partial charge in [0.15, 0.2) is 0 Å². The Kier molecular flexibility index (Phi) is 4.80. The third-order valence-corrected chi connectivity index (χ3v) is 4.85. The molecule has 2 aromatic carbocycles. The molecule has 0 bridgehead atoms. The molecule has 6 heteroatoms. The van der Waals surface area contributed by atoms with Crippen LogP contribution in [0.2, 0.25) is 0 Å². The molecule has 4 rings (SSSR count). The fraction of sp³-hybridized carbons (Fsp3) is 0.190. The van der Waals surface area contributed by atoms with E-state index >= 15 is 0 Å². The third kappa shape index (κ3) is 3.52. The third-order valence-electron chi connectivity index (χ3n) is 4.85. The van der Waals surface area contributed by atoms with Crippen molar-refractivity contribution in [1.29, 1.82) is 0 Å². The molecule has 6 nitrogen and oxygen atoms in total. The van der Waals surface area contributed by atoms with Crippen molar-refractivity contribution >= 4 is 11.7 Å². The normalized spacial score (nSPS) is 16.3. The summed E-state index contributed by atoms with van der Waals surface area (Å²) in [6.07, 6.45) is 2.12. The Bertz CT molecular complexity index is 930. The molecule has 0 spiro atoms. The molecule has 0 saturated carbocycles. The first-order chi connectivity index (χ1) is 13.3. The predicted molar refractivity (Wildman–Crippen MR) is 105 cm³/mol. The zero-order valence-electron chi connectivity index (χ0n) is 14.9. The zero-order chi connectivity index (χ0) is 18.6. The van der Waals surface area contributed by atoms with E-state index in [9.17, 15) is 4.79 Å². The number of rotatable bonds is 4. The molecule has 2 heterocycles. The lowest BCUT2D eigenvalue weighted by atomic mass is 10.0. The lowest BCUT2D eigenvalue weighted by Gasteiger charge is -2.26. The molecular formula is C21H21N5O. The molecule has 3 N–H and O–H groups in total. The van der Waals surface area contributed by atoms with Crippen LogP contribution in [0.4, 0.5) is 5.82 Å². The maximum Gasteiger partial charge on any atom is 0.303 e. The first-order valence-corrected chi connectivity index (χ1v) is 9.03. The quantitative estimate of drug-likeness (QED) is 0.425. The van der Waals surface area contributed by atoms with Crippen LogP contribution in [-0.4, -0.2) is 22.4 Å². The van der Waals surface area contributed by atoms with Gasteiger partial charge in [0.2, 0.25) is 5.82 Å². The van der Waals surface area contributed by atoms with E-state index in [1.807, 2.05) is 42.5 Å². The van der Waals surface area contributed by atoms with Gasteiger partial charge in [-0.05, 0) is 18.4 Å². The van der Waals surface area contributed by atoms with Crippen molar-refractivity contribution in [3.05, 3.63) is 78.1 Å². The van der Waals surface area contributed by atoms with E-state index in [2.05, 4.69) is 44.6 Å². The number of nitrogens with zero attached hydrogens (tertiary/aromatic N) is 3. The number of benzene rings is 2. The molecule has 1 unspecified atom stereocenters. The van der Waals surface area contributed by atoms with Gasteiger partial charge in [-0.15, -0.1) is 0 Å². The van der Waals surface area contributed by atoms with Crippen molar-refractivity contribution in [3.63, 3.8) is 0 Å². The monoisotopic (exact) mass is 359 g/mol. The number of carbonyl (C=O) groups is 1. The van der Waals surface area contributed by atoms with Gasteiger partial charge in [0.25, 0.3) is 0 Å². The summed E-state index contributed by atoms with van der Waals surface area (Å²) in [5.74, 6) is 5.65. The number of hydrogen-bond donors (Lipinski definition) is 2. The first-order valence-electron chi connectivity index (χ1n) is 9.03. The SMILES string of the molecule is NNC(=O)c1nc(-c2ccccc2)cc(N2CCCC2c2ccccc2)n1. The second kappa shape index (κ2) is 7.55. The minimum Gasteiger partial charge on any atom is -0.349 e. The Balaban J connectivity index is 1.78. The average molecular weight is 359 g/mol. The standard InChI is InChI=1S/C21H21N5O/c22-25-21(27)20-23-17(15-8-3-1-4-9-15)14-19(24-20)26-13-7-12-18(26)16-10-5-2-6-11-16/h1-6,8-11,14,18H,7,12-13,22H2,(H,25,27). The molecule has 0 aliphatic carbocycles. The second-order valence-electron chi connectivity index (χ2n) is 6.54. The lowest BCUT2D eigenvalue weighted by molar-refractivity contribution is 0.0943. The summed E-state index contributed by atoms with van der Waals surface area (Å²) in [6.45, 7) is 0.883. The number of hydrazine groups is 1. The van der Waals surface area contributed by atoms with E-state index < -0.39 is 5.91 Å². The lowest BCUT2D eigenvalue weighted by Crippen LogP contribution is -2.32. The van der Waals surface area contributed by atoms with Crippen LogP contribution < -0.4 is 16.2 Å². The molecule has 1 fully saturated rings. The van der Waals surface area contributed by atoms with Gasteiger partial charge in [-0.1, -0.05) is 60.7 Å². The largest absolute Gasteiger partial charge is 0.349 e. The summed E-state index contributed by atoms with van der Waals surface area (Å²) in [7, 11) is 0. The maximum absolute atomic E-state index is 12.1. The maximum atomic E-state index is 12.1. The Morgan fingerprint density at radius 3 is 2.44 bits per heavy atom. The molecule has 1 aliphatic heterocycles. The predicted octanol–water partition coefficient (Wildman–Crippen LogP) is 3.09. The summed E-state index contributed by atoms with van der Waals surface area (Å²) in [6, 6.07) is 22.3. The number of carbonyl (C=O) groups excluding carboxylic acids is 1. The Hall–Kier alpha value is -3.25. The molecule has 1 aromatic heterocycles. The molecule has 3 aromatic rings. The van der Waals surface area contributed by atoms with Crippen molar-refractivity contribution in [2.45, 2.75) is 18.9 Å².